The molecule has 0 aromatic heterocycles. The third kappa shape index (κ3) is 4.62. The Morgan fingerprint density at radius 3 is 2.93 bits per heavy atom. The molecule has 1 fully saturated rings. The summed E-state index contributed by atoms with van der Waals surface area (Å²) in [4.78, 5) is 0. The lowest BCUT2D eigenvalue weighted by molar-refractivity contribution is 0.301. The quantitative estimate of drug-likeness (QED) is 0.683. The Labute approximate surface area is 87.7 Å². The van der Waals surface area contributed by atoms with E-state index in [0.717, 1.165) is 31.3 Å². The van der Waals surface area contributed by atoms with E-state index >= 15 is 0 Å². The fourth-order valence-electron chi connectivity index (χ4n) is 2.25. The molecule has 1 N–H and O–H groups in total. The summed E-state index contributed by atoms with van der Waals surface area (Å²) >= 11 is 0. The van der Waals surface area contributed by atoms with Crippen LogP contribution in [0.1, 0.15) is 51.9 Å². The maximum absolute atomic E-state index is 8.38. The number of hydrogen-bond donors (Lipinski definition) is 1. The number of nitriles is 1. The second-order valence-electron chi connectivity index (χ2n) is 4.54. The Hall–Kier alpha value is -0.550. The summed E-state index contributed by atoms with van der Waals surface area (Å²) in [5, 5.41) is 12.0. The molecule has 14 heavy (non-hydrogen) atoms. The van der Waals surface area contributed by atoms with Crippen molar-refractivity contribution in [2.24, 2.45) is 5.92 Å². The summed E-state index contributed by atoms with van der Waals surface area (Å²) < 4.78 is 0. The van der Waals surface area contributed by atoms with Crippen molar-refractivity contribution in [2.75, 3.05) is 6.54 Å². The largest absolute Gasteiger partial charge is 0.314 e. The summed E-state index contributed by atoms with van der Waals surface area (Å²) in [6.45, 7) is 3.45. The van der Waals surface area contributed by atoms with Crippen LogP contribution in [-0.2, 0) is 0 Å². The van der Waals surface area contributed by atoms with Crippen molar-refractivity contribution < 1.29 is 0 Å². The summed E-state index contributed by atoms with van der Waals surface area (Å²) in [5.41, 5.74) is 0. The van der Waals surface area contributed by atoms with Crippen LogP contribution < -0.4 is 5.32 Å². The Morgan fingerprint density at radius 1 is 1.36 bits per heavy atom. The minimum Gasteiger partial charge on any atom is -0.314 e. The van der Waals surface area contributed by atoms with Crippen molar-refractivity contribution in [2.45, 2.75) is 57.9 Å². The van der Waals surface area contributed by atoms with Crippen LogP contribution >= 0.6 is 0 Å². The minimum absolute atomic E-state index is 0.711. The molecule has 0 spiro atoms. The van der Waals surface area contributed by atoms with Gasteiger partial charge in [-0.3, -0.25) is 0 Å². The molecule has 2 atom stereocenters. The van der Waals surface area contributed by atoms with Crippen LogP contribution in [0.25, 0.3) is 0 Å². The van der Waals surface area contributed by atoms with Crippen molar-refractivity contribution >= 4 is 0 Å². The average Bonchev–Trinajstić information content (AvgIpc) is 2.18. The molecule has 0 radical (unpaired) electrons. The molecular formula is C12H22N2. The molecule has 1 aliphatic carbocycles. The van der Waals surface area contributed by atoms with Crippen LogP contribution in [0.2, 0.25) is 0 Å². The van der Waals surface area contributed by atoms with Crippen molar-refractivity contribution in [3.8, 4) is 6.07 Å². The van der Waals surface area contributed by atoms with E-state index in [2.05, 4.69) is 18.3 Å². The summed E-state index contributed by atoms with van der Waals surface area (Å²) in [6, 6.07) is 2.94. The molecule has 2 nitrogen and oxygen atoms in total. The van der Waals surface area contributed by atoms with E-state index in [1.807, 2.05) is 0 Å². The molecular weight excluding hydrogens is 172 g/mol. The lowest BCUT2D eigenvalue weighted by Crippen LogP contribution is -2.34. The fraction of sp³-hybridized carbons (Fsp3) is 0.917. The number of nitrogens with one attached hydrogen (secondary N) is 1. The van der Waals surface area contributed by atoms with Gasteiger partial charge in [-0.15, -0.1) is 0 Å². The van der Waals surface area contributed by atoms with Crippen molar-refractivity contribution in [3.05, 3.63) is 0 Å². The van der Waals surface area contributed by atoms with E-state index in [1.165, 1.54) is 25.7 Å². The zero-order valence-electron chi connectivity index (χ0n) is 9.26. The molecule has 1 saturated carbocycles. The van der Waals surface area contributed by atoms with Gasteiger partial charge in [-0.2, -0.15) is 5.26 Å². The Bertz CT molecular complexity index is 183. The molecule has 1 rings (SSSR count). The maximum Gasteiger partial charge on any atom is 0.0621 e. The van der Waals surface area contributed by atoms with Gasteiger partial charge in [0.15, 0.2) is 0 Å². The molecule has 0 aromatic carbocycles. The molecule has 0 saturated heterocycles. The van der Waals surface area contributed by atoms with E-state index in [9.17, 15) is 0 Å². The molecule has 2 heteroatoms. The van der Waals surface area contributed by atoms with Crippen molar-refractivity contribution in [3.63, 3.8) is 0 Å². The zero-order chi connectivity index (χ0) is 10.2. The molecule has 0 amide bonds. The van der Waals surface area contributed by atoms with Crippen LogP contribution in [0.3, 0.4) is 0 Å². The lowest BCUT2D eigenvalue weighted by atomic mass is 9.87. The number of unbranched alkanes of at least 4 members (excludes halogenated alkanes) is 2. The van der Waals surface area contributed by atoms with Crippen LogP contribution in [0.4, 0.5) is 0 Å². The minimum atomic E-state index is 0.711. The number of nitrogens with zero attached hydrogens (tertiary/aromatic N) is 1. The second-order valence-corrected chi connectivity index (χ2v) is 4.54. The highest BCUT2D eigenvalue weighted by Gasteiger charge is 2.17. The third-order valence-electron chi connectivity index (χ3n) is 3.08. The molecule has 0 bridgehead atoms. The van der Waals surface area contributed by atoms with Gasteiger partial charge in [0.1, 0.15) is 0 Å². The van der Waals surface area contributed by atoms with Gasteiger partial charge in [-0.1, -0.05) is 19.8 Å². The van der Waals surface area contributed by atoms with E-state index in [1.54, 1.807) is 0 Å². The van der Waals surface area contributed by atoms with E-state index in [4.69, 9.17) is 5.26 Å². The maximum atomic E-state index is 8.38. The summed E-state index contributed by atoms with van der Waals surface area (Å²) in [6.07, 6.45) is 8.40. The van der Waals surface area contributed by atoms with Crippen LogP contribution in [-0.4, -0.2) is 12.6 Å². The Kier molecular flexibility index (Phi) is 5.63. The van der Waals surface area contributed by atoms with E-state index in [-0.39, 0.29) is 0 Å². The van der Waals surface area contributed by atoms with E-state index < -0.39 is 0 Å². The van der Waals surface area contributed by atoms with Gasteiger partial charge in [-0.05, 0) is 38.1 Å². The van der Waals surface area contributed by atoms with Gasteiger partial charge < -0.3 is 5.32 Å². The first-order valence-electron chi connectivity index (χ1n) is 5.93. The Balaban J connectivity index is 1.98. The van der Waals surface area contributed by atoms with Crippen molar-refractivity contribution in [1.82, 2.24) is 5.32 Å². The SMILES string of the molecule is CC1CCCC(NCCCCC#N)C1. The van der Waals surface area contributed by atoms with Gasteiger partial charge in [-0.25, -0.2) is 0 Å². The normalized spacial score (nSPS) is 27.1. The fourth-order valence-corrected chi connectivity index (χ4v) is 2.25. The van der Waals surface area contributed by atoms with Crippen LogP contribution in [0.5, 0.6) is 0 Å². The highest BCUT2D eigenvalue weighted by molar-refractivity contribution is 4.76. The first kappa shape index (κ1) is 11.5. The first-order valence-corrected chi connectivity index (χ1v) is 5.93. The monoisotopic (exact) mass is 194 g/mol. The zero-order valence-corrected chi connectivity index (χ0v) is 9.26. The third-order valence-corrected chi connectivity index (χ3v) is 3.08. The molecule has 0 aliphatic heterocycles. The molecule has 1 aliphatic rings. The van der Waals surface area contributed by atoms with E-state index in [0.29, 0.717) is 6.42 Å². The van der Waals surface area contributed by atoms with Crippen LogP contribution in [0, 0.1) is 17.2 Å². The number of rotatable bonds is 5. The van der Waals surface area contributed by atoms with Gasteiger partial charge in [0.25, 0.3) is 0 Å². The van der Waals surface area contributed by atoms with Gasteiger partial charge >= 0.3 is 0 Å². The second kappa shape index (κ2) is 6.84. The summed E-state index contributed by atoms with van der Waals surface area (Å²) in [5.74, 6) is 0.903. The van der Waals surface area contributed by atoms with Crippen molar-refractivity contribution in [1.29, 1.82) is 5.26 Å². The molecule has 2 unspecified atom stereocenters. The standard InChI is InChI=1S/C12H22N2/c1-11-6-5-7-12(10-11)14-9-4-2-3-8-13/h11-12,14H,2-7,9-10H2,1H3. The molecule has 0 aromatic rings. The lowest BCUT2D eigenvalue weighted by Gasteiger charge is -2.27. The summed E-state index contributed by atoms with van der Waals surface area (Å²) in [7, 11) is 0. The smallest absolute Gasteiger partial charge is 0.0621 e. The highest BCUT2D eigenvalue weighted by Crippen LogP contribution is 2.23. The Morgan fingerprint density at radius 2 is 2.21 bits per heavy atom. The predicted octanol–water partition coefficient (Wildman–Crippen LogP) is 2.85. The van der Waals surface area contributed by atoms with Gasteiger partial charge in [0, 0.05) is 12.5 Å². The topological polar surface area (TPSA) is 35.8 Å². The first-order chi connectivity index (χ1) is 6.83. The predicted molar refractivity (Wildman–Crippen MR) is 58.9 cm³/mol. The molecule has 80 valence electrons. The average molecular weight is 194 g/mol. The van der Waals surface area contributed by atoms with Crippen LogP contribution in [0.15, 0.2) is 0 Å². The molecule has 0 heterocycles. The highest BCUT2D eigenvalue weighted by atomic mass is 14.9. The number of hydrogen-bond acceptors (Lipinski definition) is 2. The van der Waals surface area contributed by atoms with Gasteiger partial charge in [0.05, 0.1) is 6.07 Å². The van der Waals surface area contributed by atoms with Gasteiger partial charge in [0.2, 0.25) is 0 Å².